The minimum atomic E-state index is -0.611. The van der Waals surface area contributed by atoms with Gasteiger partial charge in [0, 0.05) is 35.0 Å². The van der Waals surface area contributed by atoms with Crippen molar-refractivity contribution in [2.24, 2.45) is 0 Å². The van der Waals surface area contributed by atoms with Crippen molar-refractivity contribution in [1.82, 2.24) is 9.13 Å². The molecular formula is C32H24N2O6. The fourth-order valence-electron chi connectivity index (χ4n) is 5.69. The monoisotopic (exact) mass is 532 g/mol. The summed E-state index contributed by atoms with van der Waals surface area (Å²) in [5.41, 5.74) is -1.50. The summed E-state index contributed by atoms with van der Waals surface area (Å²) in [5, 5.41) is 24.1. The molecule has 2 aromatic heterocycles. The number of aromatic hydroxyl groups is 2. The van der Waals surface area contributed by atoms with Gasteiger partial charge in [-0.25, -0.2) is 0 Å². The highest BCUT2D eigenvalue weighted by atomic mass is 16.3. The van der Waals surface area contributed by atoms with Gasteiger partial charge < -0.3 is 19.3 Å². The van der Waals surface area contributed by atoms with Crippen molar-refractivity contribution < 1.29 is 19.8 Å². The molecule has 0 aliphatic heterocycles. The first kappa shape index (κ1) is 25.1. The molecule has 1 aliphatic rings. The molecule has 6 rings (SSSR count). The standard InChI is InChI=1S/C32H24N2O6/c1-3-33-25(29(37)19-13-7-9-15-21(19)31(33)39)23-24(28(36)18-12-6-5-11-17(18)27(23)35)26-30(38)20-14-8-10-16-22(20)32(40)34(26)4-2/h5-16,37-38H,3-4H2,1-2H3. The Kier molecular flexibility index (Phi) is 5.76. The van der Waals surface area contributed by atoms with E-state index in [0.717, 1.165) is 0 Å². The molecule has 0 fully saturated rings. The summed E-state index contributed by atoms with van der Waals surface area (Å²) in [5.74, 6) is -1.92. The van der Waals surface area contributed by atoms with E-state index in [1.807, 2.05) is 0 Å². The molecule has 5 aromatic rings. The van der Waals surface area contributed by atoms with Gasteiger partial charge in [-0.1, -0.05) is 60.7 Å². The zero-order chi connectivity index (χ0) is 28.3. The quantitative estimate of drug-likeness (QED) is 0.345. The number of ketones is 2. The van der Waals surface area contributed by atoms with E-state index in [-0.39, 0.29) is 79.8 Å². The van der Waals surface area contributed by atoms with E-state index in [2.05, 4.69) is 0 Å². The molecule has 0 atom stereocenters. The largest absolute Gasteiger partial charge is 0.505 e. The van der Waals surface area contributed by atoms with Crippen LogP contribution in [-0.2, 0) is 13.1 Å². The summed E-state index contributed by atoms with van der Waals surface area (Å²) < 4.78 is 2.50. The van der Waals surface area contributed by atoms with E-state index in [1.54, 1.807) is 74.5 Å². The normalized spacial score (nSPS) is 13.3. The highest BCUT2D eigenvalue weighted by Gasteiger charge is 2.39. The third-order valence-corrected chi connectivity index (χ3v) is 7.53. The first-order valence-corrected chi connectivity index (χ1v) is 12.9. The van der Waals surface area contributed by atoms with Crippen molar-refractivity contribution in [3.63, 3.8) is 0 Å². The van der Waals surface area contributed by atoms with E-state index >= 15 is 0 Å². The number of allylic oxidation sites excluding steroid dienone is 2. The van der Waals surface area contributed by atoms with E-state index in [4.69, 9.17) is 0 Å². The van der Waals surface area contributed by atoms with Gasteiger partial charge in [0.2, 0.25) is 0 Å². The van der Waals surface area contributed by atoms with Crippen LogP contribution in [0.25, 0.3) is 32.7 Å². The van der Waals surface area contributed by atoms with E-state index < -0.39 is 22.7 Å². The summed E-state index contributed by atoms with van der Waals surface area (Å²) in [6.45, 7) is 3.54. The summed E-state index contributed by atoms with van der Waals surface area (Å²) in [6.07, 6.45) is 0. The van der Waals surface area contributed by atoms with Gasteiger partial charge >= 0.3 is 0 Å². The van der Waals surface area contributed by atoms with Gasteiger partial charge in [0.05, 0.1) is 33.3 Å². The third kappa shape index (κ3) is 3.32. The molecule has 0 spiro atoms. The average molecular weight is 533 g/mol. The maximum Gasteiger partial charge on any atom is 0.259 e. The Labute approximate surface area is 227 Å². The topological polar surface area (TPSA) is 119 Å². The number of carbonyl (C=O) groups excluding carboxylic acids is 2. The summed E-state index contributed by atoms with van der Waals surface area (Å²) in [4.78, 5) is 55.7. The van der Waals surface area contributed by atoms with Crippen molar-refractivity contribution in [1.29, 1.82) is 0 Å². The first-order valence-electron chi connectivity index (χ1n) is 12.9. The lowest BCUT2D eigenvalue weighted by molar-refractivity contribution is 0.101. The van der Waals surface area contributed by atoms with E-state index in [9.17, 15) is 29.4 Å². The second kappa shape index (κ2) is 9.20. The second-order valence-electron chi connectivity index (χ2n) is 9.54. The number of rotatable bonds is 4. The lowest BCUT2D eigenvalue weighted by Crippen LogP contribution is -2.30. The molecule has 0 radical (unpaired) electrons. The van der Waals surface area contributed by atoms with E-state index in [0.29, 0.717) is 0 Å². The summed E-state index contributed by atoms with van der Waals surface area (Å²) >= 11 is 0. The number of aromatic nitrogens is 2. The van der Waals surface area contributed by atoms with Crippen LogP contribution >= 0.6 is 0 Å². The maximum absolute atomic E-state index is 14.3. The van der Waals surface area contributed by atoms with Crippen LogP contribution in [0.3, 0.4) is 0 Å². The molecule has 0 unspecified atom stereocenters. The lowest BCUT2D eigenvalue weighted by atomic mass is 9.80. The van der Waals surface area contributed by atoms with E-state index in [1.165, 1.54) is 21.3 Å². The molecule has 0 saturated heterocycles. The van der Waals surface area contributed by atoms with Crippen LogP contribution in [0.15, 0.2) is 82.4 Å². The Morgan fingerprint density at radius 2 is 0.850 bits per heavy atom. The Bertz CT molecular complexity index is 1930. The summed E-state index contributed by atoms with van der Waals surface area (Å²) in [6, 6.07) is 19.2. The predicted molar refractivity (Wildman–Crippen MR) is 153 cm³/mol. The maximum atomic E-state index is 14.3. The highest BCUT2D eigenvalue weighted by molar-refractivity contribution is 6.52. The molecule has 0 saturated carbocycles. The van der Waals surface area contributed by atoms with Gasteiger partial charge in [0.1, 0.15) is 11.5 Å². The van der Waals surface area contributed by atoms with Crippen LogP contribution in [0, 0.1) is 0 Å². The van der Waals surface area contributed by atoms with Crippen LogP contribution in [0.5, 0.6) is 11.5 Å². The van der Waals surface area contributed by atoms with Gasteiger partial charge in [-0.15, -0.1) is 0 Å². The van der Waals surface area contributed by atoms with Gasteiger partial charge in [0.15, 0.2) is 11.6 Å². The molecule has 8 heteroatoms. The lowest BCUT2D eigenvalue weighted by Gasteiger charge is -2.26. The number of hydrogen-bond donors (Lipinski definition) is 2. The van der Waals surface area contributed by atoms with Crippen molar-refractivity contribution in [3.05, 3.63) is 116 Å². The van der Waals surface area contributed by atoms with Gasteiger partial charge in [0.25, 0.3) is 11.1 Å². The zero-order valence-electron chi connectivity index (χ0n) is 21.8. The number of nitrogens with zero attached hydrogens (tertiary/aromatic N) is 2. The Balaban J connectivity index is 1.88. The number of fused-ring (bicyclic) bond motifs is 3. The predicted octanol–water partition coefficient (Wildman–Crippen LogP) is 4.76. The molecule has 2 heterocycles. The van der Waals surface area contributed by atoms with Crippen LogP contribution in [0.1, 0.15) is 46.0 Å². The zero-order valence-corrected chi connectivity index (χ0v) is 21.8. The SMILES string of the molecule is CCn1c(C2=C(c3c(O)c4ccccc4c(=O)n3CC)C(=O)c3ccccc3C2=O)c(O)c2ccccc2c1=O. The second-order valence-corrected chi connectivity index (χ2v) is 9.54. The Morgan fingerprint density at radius 3 is 1.20 bits per heavy atom. The fraction of sp³-hybridized carbons (Fsp3) is 0.125. The van der Waals surface area contributed by atoms with Crippen molar-refractivity contribution in [2.45, 2.75) is 26.9 Å². The van der Waals surface area contributed by atoms with Gasteiger partial charge in [-0.2, -0.15) is 0 Å². The third-order valence-electron chi connectivity index (χ3n) is 7.53. The fourth-order valence-corrected chi connectivity index (χ4v) is 5.69. The number of benzene rings is 3. The number of carbonyl (C=O) groups is 2. The van der Waals surface area contributed by atoms with Crippen molar-refractivity contribution in [2.75, 3.05) is 0 Å². The minimum Gasteiger partial charge on any atom is -0.505 e. The number of Topliss-reactive ketones (excluding diaryl/α,β-unsaturated/α-hetero) is 2. The molecule has 198 valence electrons. The number of pyridine rings is 2. The Hall–Kier alpha value is -5.24. The average Bonchev–Trinajstić information content (AvgIpc) is 2.99. The van der Waals surface area contributed by atoms with Gasteiger partial charge in [-0.05, 0) is 26.0 Å². The molecule has 0 amide bonds. The molecule has 3 aromatic carbocycles. The van der Waals surface area contributed by atoms with Crippen LogP contribution in [0.2, 0.25) is 0 Å². The smallest absolute Gasteiger partial charge is 0.259 e. The van der Waals surface area contributed by atoms with Gasteiger partial charge in [-0.3, -0.25) is 19.2 Å². The highest BCUT2D eigenvalue weighted by Crippen LogP contribution is 2.44. The molecule has 0 bridgehead atoms. The van der Waals surface area contributed by atoms with Crippen LogP contribution < -0.4 is 11.1 Å². The first-order chi connectivity index (χ1) is 19.3. The minimum absolute atomic E-state index is 0.0801. The molecule has 8 nitrogen and oxygen atoms in total. The van der Waals surface area contributed by atoms with Crippen molar-refractivity contribution in [3.8, 4) is 11.5 Å². The molecule has 2 N–H and O–H groups in total. The Morgan fingerprint density at radius 1 is 0.525 bits per heavy atom. The summed E-state index contributed by atoms with van der Waals surface area (Å²) in [7, 11) is 0. The van der Waals surface area contributed by atoms with Crippen molar-refractivity contribution >= 4 is 44.3 Å². The van der Waals surface area contributed by atoms with Crippen LogP contribution in [-0.4, -0.2) is 30.9 Å². The van der Waals surface area contributed by atoms with Crippen LogP contribution in [0.4, 0.5) is 0 Å². The number of hydrogen-bond acceptors (Lipinski definition) is 6. The molecular weight excluding hydrogens is 508 g/mol. The molecule has 40 heavy (non-hydrogen) atoms. The molecule has 1 aliphatic carbocycles.